The van der Waals surface area contributed by atoms with Crippen LogP contribution >= 0.6 is 0 Å². The number of aromatic nitrogens is 1. The second kappa shape index (κ2) is 4.65. The maximum atomic E-state index is 11.0. The van der Waals surface area contributed by atoms with E-state index in [1.54, 1.807) is 0 Å². The van der Waals surface area contributed by atoms with Gasteiger partial charge in [-0.1, -0.05) is 36.4 Å². The molecule has 4 nitrogen and oxygen atoms in total. The summed E-state index contributed by atoms with van der Waals surface area (Å²) in [5.41, 5.74) is 2.81. The number of anilines is 1. The van der Waals surface area contributed by atoms with Crippen LogP contribution in [0.1, 0.15) is 5.56 Å². The average Bonchev–Trinajstić information content (AvgIpc) is 2.78. The third kappa shape index (κ3) is 2.60. The van der Waals surface area contributed by atoms with Gasteiger partial charge in [-0.15, -0.1) is 0 Å². The topological polar surface area (TPSA) is 55.1 Å². The molecule has 4 heteroatoms. The molecule has 0 spiro atoms. The number of carbonyl (C=O) groups excluding carboxylic acids is 1. The molecule has 0 aliphatic rings. The quantitative estimate of drug-likeness (QED) is 0.822. The third-order valence-corrected chi connectivity index (χ3v) is 2.27. The Balaban J connectivity index is 2.20. The molecular weight excluding hydrogens is 216 g/mol. The van der Waals surface area contributed by atoms with E-state index in [1.165, 1.54) is 11.8 Å². The molecular formula is C13H12N2O2. The maximum absolute atomic E-state index is 11.0. The number of oxazole rings is 1. The van der Waals surface area contributed by atoms with Gasteiger partial charge in [0.2, 0.25) is 0 Å². The highest BCUT2D eigenvalue weighted by Crippen LogP contribution is 2.20. The highest BCUT2D eigenvalue weighted by atomic mass is 16.4. The van der Waals surface area contributed by atoms with Crippen molar-refractivity contribution in [3.05, 3.63) is 48.7 Å². The molecule has 0 saturated carbocycles. The van der Waals surface area contributed by atoms with E-state index < -0.39 is 0 Å². The smallest absolute Gasteiger partial charge is 0.302 e. The molecule has 0 atom stereocenters. The number of benzene rings is 1. The summed E-state index contributed by atoms with van der Waals surface area (Å²) in [6.45, 7) is 5.37. The van der Waals surface area contributed by atoms with Crippen LogP contribution in [0.4, 0.5) is 6.01 Å². The van der Waals surface area contributed by atoms with Gasteiger partial charge >= 0.3 is 6.01 Å². The van der Waals surface area contributed by atoms with E-state index in [0.717, 1.165) is 11.6 Å². The number of nitrogens with zero attached hydrogens (tertiary/aromatic N) is 1. The predicted molar refractivity (Wildman–Crippen MR) is 65.5 cm³/mol. The predicted octanol–water partition coefficient (Wildman–Crippen LogP) is 2.77. The van der Waals surface area contributed by atoms with E-state index in [-0.39, 0.29) is 11.9 Å². The van der Waals surface area contributed by atoms with Crippen LogP contribution in [0.15, 0.2) is 47.6 Å². The molecule has 1 N–H and O–H groups in total. The van der Waals surface area contributed by atoms with E-state index in [1.807, 2.05) is 31.2 Å². The number of nitrogens with one attached hydrogen (secondary N) is 1. The van der Waals surface area contributed by atoms with E-state index in [0.29, 0.717) is 5.69 Å². The molecule has 2 aromatic rings. The van der Waals surface area contributed by atoms with Crippen LogP contribution in [0.2, 0.25) is 0 Å². The highest BCUT2D eigenvalue weighted by Gasteiger charge is 2.07. The van der Waals surface area contributed by atoms with E-state index in [2.05, 4.69) is 16.9 Å². The molecule has 0 aliphatic carbocycles. The first-order chi connectivity index (χ1) is 8.19. The first-order valence-electron chi connectivity index (χ1n) is 5.15. The molecule has 0 saturated heterocycles. The van der Waals surface area contributed by atoms with Crippen molar-refractivity contribution in [2.45, 2.75) is 6.92 Å². The highest BCUT2D eigenvalue weighted by molar-refractivity contribution is 5.97. The molecule has 1 heterocycles. The summed E-state index contributed by atoms with van der Waals surface area (Å²) >= 11 is 0. The fourth-order valence-corrected chi connectivity index (χ4v) is 1.34. The first kappa shape index (κ1) is 11.1. The Labute approximate surface area is 99.0 Å². The van der Waals surface area contributed by atoms with E-state index >= 15 is 0 Å². The molecule has 0 aliphatic heterocycles. The van der Waals surface area contributed by atoms with Crippen molar-refractivity contribution in [1.82, 2.24) is 4.98 Å². The monoisotopic (exact) mass is 228 g/mol. The summed E-state index contributed by atoms with van der Waals surface area (Å²) in [5.74, 6) is -0.345. The summed E-state index contributed by atoms with van der Waals surface area (Å²) in [6, 6.07) is 8.06. The second-order valence-corrected chi connectivity index (χ2v) is 3.60. The van der Waals surface area contributed by atoms with Crippen LogP contribution in [0.3, 0.4) is 0 Å². The number of aryl methyl sites for hydroxylation is 1. The summed E-state index contributed by atoms with van der Waals surface area (Å²) in [4.78, 5) is 15.2. The zero-order valence-corrected chi connectivity index (χ0v) is 9.43. The van der Waals surface area contributed by atoms with Gasteiger partial charge in [0.05, 0.1) is 0 Å². The van der Waals surface area contributed by atoms with Gasteiger partial charge in [0.15, 0.2) is 0 Å². The van der Waals surface area contributed by atoms with E-state index in [4.69, 9.17) is 4.42 Å². The Bertz CT molecular complexity index is 541. The van der Waals surface area contributed by atoms with Gasteiger partial charge < -0.3 is 4.42 Å². The standard InChI is InChI=1S/C13H12N2O2/c1-3-12(16)15-13-14-11(8-17-13)10-6-4-9(2)5-7-10/h3-8H,1H2,2H3,(H,14,15,16). The van der Waals surface area contributed by atoms with Crippen molar-refractivity contribution in [3.8, 4) is 11.3 Å². The van der Waals surface area contributed by atoms with Crippen molar-refractivity contribution in [1.29, 1.82) is 0 Å². The molecule has 0 bridgehead atoms. The van der Waals surface area contributed by atoms with Crippen molar-refractivity contribution in [2.75, 3.05) is 5.32 Å². The fraction of sp³-hybridized carbons (Fsp3) is 0.0769. The second-order valence-electron chi connectivity index (χ2n) is 3.60. The van der Waals surface area contributed by atoms with Gasteiger partial charge in [0.25, 0.3) is 5.91 Å². The number of rotatable bonds is 3. The summed E-state index contributed by atoms with van der Waals surface area (Å²) in [5, 5.41) is 2.46. The number of hydrogen-bond donors (Lipinski definition) is 1. The van der Waals surface area contributed by atoms with Gasteiger partial charge in [-0.25, -0.2) is 0 Å². The Morgan fingerprint density at radius 2 is 2.12 bits per heavy atom. The lowest BCUT2D eigenvalue weighted by atomic mass is 10.1. The minimum Gasteiger partial charge on any atom is -0.431 e. The van der Waals surface area contributed by atoms with Crippen LogP contribution in [0, 0.1) is 6.92 Å². The minimum absolute atomic E-state index is 0.172. The third-order valence-electron chi connectivity index (χ3n) is 2.27. The normalized spacial score (nSPS) is 9.94. The van der Waals surface area contributed by atoms with Gasteiger partial charge in [0.1, 0.15) is 12.0 Å². The maximum Gasteiger partial charge on any atom is 0.302 e. The van der Waals surface area contributed by atoms with Crippen molar-refractivity contribution in [2.24, 2.45) is 0 Å². The molecule has 1 aromatic carbocycles. The lowest BCUT2D eigenvalue weighted by molar-refractivity contribution is -0.112. The van der Waals surface area contributed by atoms with Crippen LogP contribution in [0.25, 0.3) is 11.3 Å². The Kier molecular flexibility index (Phi) is 3.05. The van der Waals surface area contributed by atoms with Crippen LogP contribution in [-0.4, -0.2) is 10.9 Å². The fourth-order valence-electron chi connectivity index (χ4n) is 1.34. The lowest BCUT2D eigenvalue weighted by Crippen LogP contribution is -2.07. The van der Waals surface area contributed by atoms with Gasteiger partial charge in [-0.05, 0) is 13.0 Å². The molecule has 17 heavy (non-hydrogen) atoms. The minimum atomic E-state index is -0.345. The number of amides is 1. The largest absolute Gasteiger partial charge is 0.431 e. The molecule has 86 valence electrons. The molecule has 0 fully saturated rings. The molecule has 2 rings (SSSR count). The Hall–Kier alpha value is -2.36. The number of carbonyl (C=O) groups is 1. The van der Waals surface area contributed by atoms with Crippen molar-refractivity contribution in [3.63, 3.8) is 0 Å². The Morgan fingerprint density at radius 1 is 1.41 bits per heavy atom. The van der Waals surface area contributed by atoms with Crippen LogP contribution in [0.5, 0.6) is 0 Å². The van der Waals surface area contributed by atoms with Crippen molar-refractivity contribution >= 4 is 11.9 Å². The zero-order valence-electron chi connectivity index (χ0n) is 9.43. The van der Waals surface area contributed by atoms with Crippen LogP contribution in [-0.2, 0) is 4.79 Å². The van der Waals surface area contributed by atoms with Gasteiger partial charge in [0, 0.05) is 5.56 Å². The zero-order chi connectivity index (χ0) is 12.3. The summed E-state index contributed by atoms with van der Waals surface area (Å²) < 4.78 is 5.13. The summed E-state index contributed by atoms with van der Waals surface area (Å²) in [7, 11) is 0. The Morgan fingerprint density at radius 3 is 2.76 bits per heavy atom. The average molecular weight is 228 g/mol. The molecule has 0 unspecified atom stereocenters. The first-order valence-corrected chi connectivity index (χ1v) is 5.15. The molecule has 1 amide bonds. The van der Waals surface area contributed by atoms with Crippen molar-refractivity contribution < 1.29 is 9.21 Å². The van der Waals surface area contributed by atoms with Gasteiger partial charge in [-0.2, -0.15) is 4.98 Å². The lowest BCUT2D eigenvalue weighted by Gasteiger charge is -1.96. The van der Waals surface area contributed by atoms with E-state index in [9.17, 15) is 4.79 Å². The molecule has 1 aromatic heterocycles. The van der Waals surface area contributed by atoms with Gasteiger partial charge in [-0.3, -0.25) is 10.1 Å². The number of hydrogen-bond acceptors (Lipinski definition) is 3. The molecule has 0 radical (unpaired) electrons. The SMILES string of the molecule is C=CC(=O)Nc1nc(-c2ccc(C)cc2)co1. The van der Waals surface area contributed by atoms with Crippen LogP contribution < -0.4 is 5.32 Å². The summed E-state index contributed by atoms with van der Waals surface area (Å²) in [6.07, 6.45) is 2.67.